The van der Waals surface area contributed by atoms with Crippen LogP contribution in [0.25, 0.3) is 0 Å². The molecule has 36 heavy (non-hydrogen) atoms. The third-order valence-electron chi connectivity index (χ3n) is 6.79. The van der Waals surface area contributed by atoms with Crippen molar-refractivity contribution in [2.45, 2.75) is 46.2 Å². The number of sulfonamides is 1. The molecule has 0 saturated heterocycles. The van der Waals surface area contributed by atoms with Gasteiger partial charge in [0, 0.05) is 30.4 Å². The maximum Gasteiger partial charge on any atom is 0.251 e. The van der Waals surface area contributed by atoms with E-state index < -0.39 is 10.0 Å². The lowest BCUT2D eigenvalue weighted by molar-refractivity contribution is 0.0953. The average molecular weight is 506 g/mol. The zero-order valence-corrected chi connectivity index (χ0v) is 22.3. The summed E-state index contributed by atoms with van der Waals surface area (Å²) < 4.78 is 26.5. The zero-order chi connectivity index (χ0) is 25.9. The molecule has 1 aliphatic heterocycles. The van der Waals surface area contributed by atoms with Crippen molar-refractivity contribution in [2.24, 2.45) is 0 Å². The number of para-hydroxylation sites is 1. The van der Waals surface area contributed by atoms with Gasteiger partial charge in [0.2, 0.25) is 10.0 Å². The number of carbonyl (C=O) groups excluding carboxylic acids is 1. The van der Waals surface area contributed by atoms with Crippen LogP contribution >= 0.6 is 0 Å². The minimum Gasteiger partial charge on any atom is -0.368 e. The lowest BCUT2D eigenvalue weighted by Gasteiger charge is -2.25. The highest BCUT2D eigenvalue weighted by molar-refractivity contribution is 7.92. The number of fused-ring (bicyclic) bond motifs is 1. The van der Waals surface area contributed by atoms with Crippen molar-refractivity contribution < 1.29 is 13.2 Å². The summed E-state index contributed by atoms with van der Waals surface area (Å²) in [6, 6.07) is 21.9. The number of aryl methyl sites for hydroxylation is 2. The monoisotopic (exact) mass is 505 g/mol. The van der Waals surface area contributed by atoms with Crippen LogP contribution in [0, 0.1) is 13.8 Å². The summed E-state index contributed by atoms with van der Waals surface area (Å²) in [7, 11) is -3.48. The lowest BCUT2D eigenvalue weighted by atomic mass is 10.1. The summed E-state index contributed by atoms with van der Waals surface area (Å²) >= 11 is 0. The molecule has 190 valence electrons. The SMILES string of the molecule is Cc1ccc(C)c(N(Cc2ccc(C(=O)NCCCN3c4ccccc4C[C@@H]3C)cc2)S(C)(=O)=O)c1. The van der Waals surface area contributed by atoms with Crippen LogP contribution in [0.2, 0.25) is 0 Å². The molecule has 1 heterocycles. The van der Waals surface area contributed by atoms with E-state index in [1.807, 2.05) is 44.2 Å². The van der Waals surface area contributed by atoms with E-state index in [-0.39, 0.29) is 12.5 Å². The van der Waals surface area contributed by atoms with Crippen molar-refractivity contribution in [3.63, 3.8) is 0 Å². The molecular formula is C29H35N3O3S. The first-order valence-electron chi connectivity index (χ1n) is 12.4. The first-order valence-corrected chi connectivity index (χ1v) is 14.2. The van der Waals surface area contributed by atoms with E-state index in [1.165, 1.54) is 21.8 Å². The number of amides is 1. The maximum atomic E-state index is 12.7. The van der Waals surface area contributed by atoms with Crippen molar-refractivity contribution in [1.82, 2.24) is 5.32 Å². The summed E-state index contributed by atoms with van der Waals surface area (Å²) in [4.78, 5) is 15.1. The van der Waals surface area contributed by atoms with E-state index in [2.05, 4.69) is 41.4 Å². The van der Waals surface area contributed by atoms with Gasteiger partial charge in [-0.05, 0) is 80.1 Å². The molecule has 3 aromatic carbocycles. The second-order valence-electron chi connectivity index (χ2n) is 9.74. The Morgan fingerprint density at radius 1 is 1.06 bits per heavy atom. The van der Waals surface area contributed by atoms with Crippen molar-refractivity contribution in [2.75, 3.05) is 28.6 Å². The number of benzene rings is 3. The quantitative estimate of drug-likeness (QED) is 0.423. The van der Waals surface area contributed by atoms with E-state index in [0.29, 0.717) is 23.8 Å². The topological polar surface area (TPSA) is 69.7 Å². The van der Waals surface area contributed by atoms with E-state index >= 15 is 0 Å². The predicted octanol–water partition coefficient (Wildman–Crippen LogP) is 4.84. The fourth-order valence-corrected chi connectivity index (χ4v) is 5.76. The Kier molecular flexibility index (Phi) is 7.69. The van der Waals surface area contributed by atoms with Crippen LogP contribution in [-0.4, -0.2) is 39.7 Å². The molecule has 0 fully saturated rings. The number of rotatable bonds is 9. The van der Waals surface area contributed by atoms with Gasteiger partial charge in [-0.25, -0.2) is 8.42 Å². The Morgan fingerprint density at radius 2 is 1.78 bits per heavy atom. The van der Waals surface area contributed by atoms with Gasteiger partial charge >= 0.3 is 0 Å². The Hall–Kier alpha value is -3.32. The van der Waals surface area contributed by atoms with Gasteiger partial charge in [0.05, 0.1) is 18.5 Å². The van der Waals surface area contributed by atoms with Crippen LogP contribution in [0.3, 0.4) is 0 Å². The number of nitrogens with one attached hydrogen (secondary N) is 1. The lowest BCUT2D eigenvalue weighted by Crippen LogP contribution is -2.33. The Morgan fingerprint density at radius 3 is 2.50 bits per heavy atom. The summed E-state index contributed by atoms with van der Waals surface area (Å²) in [5, 5.41) is 3.01. The molecule has 0 aliphatic carbocycles. The first-order chi connectivity index (χ1) is 17.1. The second-order valence-corrected chi connectivity index (χ2v) is 11.6. The first kappa shape index (κ1) is 25.8. The van der Waals surface area contributed by atoms with Gasteiger partial charge in [0.25, 0.3) is 5.91 Å². The van der Waals surface area contributed by atoms with Crippen molar-refractivity contribution >= 4 is 27.3 Å². The van der Waals surface area contributed by atoms with Crippen LogP contribution in [-0.2, 0) is 23.0 Å². The van der Waals surface area contributed by atoms with E-state index in [1.54, 1.807) is 12.1 Å². The van der Waals surface area contributed by atoms with Gasteiger partial charge in [-0.2, -0.15) is 0 Å². The molecule has 1 aliphatic rings. The number of nitrogens with zero attached hydrogens (tertiary/aromatic N) is 2. The van der Waals surface area contributed by atoms with Crippen LogP contribution in [0.15, 0.2) is 66.7 Å². The third kappa shape index (κ3) is 5.90. The average Bonchev–Trinajstić information content (AvgIpc) is 3.16. The smallest absolute Gasteiger partial charge is 0.251 e. The Balaban J connectivity index is 1.34. The number of anilines is 2. The Labute approximate surface area is 215 Å². The molecule has 1 N–H and O–H groups in total. The molecule has 6 nitrogen and oxygen atoms in total. The number of carbonyl (C=O) groups is 1. The molecule has 1 amide bonds. The van der Waals surface area contributed by atoms with E-state index in [9.17, 15) is 13.2 Å². The minimum atomic E-state index is -3.48. The third-order valence-corrected chi connectivity index (χ3v) is 7.91. The van der Waals surface area contributed by atoms with Crippen LogP contribution < -0.4 is 14.5 Å². The minimum absolute atomic E-state index is 0.120. The molecule has 1 atom stereocenters. The van der Waals surface area contributed by atoms with Gasteiger partial charge in [-0.15, -0.1) is 0 Å². The summed E-state index contributed by atoms with van der Waals surface area (Å²) in [6.45, 7) is 7.80. The molecule has 3 aromatic rings. The van der Waals surface area contributed by atoms with Crippen molar-refractivity contribution in [1.29, 1.82) is 0 Å². The molecule has 0 bridgehead atoms. The van der Waals surface area contributed by atoms with E-state index in [0.717, 1.165) is 36.1 Å². The summed E-state index contributed by atoms with van der Waals surface area (Å²) in [5.41, 5.74) is 6.65. The van der Waals surface area contributed by atoms with Crippen LogP contribution in [0.5, 0.6) is 0 Å². The summed E-state index contributed by atoms with van der Waals surface area (Å²) in [5.74, 6) is -0.120. The number of hydrogen-bond donors (Lipinski definition) is 1. The molecule has 0 spiro atoms. The highest BCUT2D eigenvalue weighted by Gasteiger charge is 2.25. The predicted molar refractivity (Wildman–Crippen MR) is 147 cm³/mol. The van der Waals surface area contributed by atoms with E-state index in [4.69, 9.17) is 0 Å². The largest absolute Gasteiger partial charge is 0.368 e. The molecule has 0 aromatic heterocycles. The van der Waals surface area contributed by atoms with Gasteiger partial charge < -0.3 is 10.2 Å². The zero-order valence-electron chi connectivity index (χ0n) is 21.5. The molecule has 7 heteroatoms. The fraction of sp³-hybridized carbons (Fsp3) is 0.345. The standard InChI is InChI=1S/C29H35N3O3S/c1-21-10-11-22(2)28(18-21)32(36(4,34)35)20-24-12-14-25(15-13-24)29(33)30-16-7-17-31-23(3)19-26-8-5-6-9-27(26)31/h5-6,8-15,18,23H,7,16-17,19-20H2,1-4H3,(H,30,33)/t23-/m0/s1. The van der Waals surface area contributed by atoms with Gasteiger partial charge in [-0.1, -0.05) is 42.5 Å². The fourth-order valence-electron chi connectivity index (χ4n) is 4.82. The molecule has 0 radical (unpaired) electrons. The molecule has 0 unspecified atom stereocenters. The van der Waals surface area contributed by atoms with Crippen molar-refractivity contribution in [3.8, 4) is 0 Å². The van der Waals surface area contributed by atoms with Gasteiger partial charge in [-0.3, -0.25) is 9.10 Å². The molecule has 0 saturated carbocycles. The normalized spacial score (nSPS) is 15.0. The second kappa shape index (κ2) is 10.7. The Bertz CT molecular complexity index is 1340. The van der Waals surface area contributed by atoms with Crippen molar-refractivity contribution in [3.05, 3.63) is 94.5 Å². The number of hydrogen-bond acceptors (Lipinski definition) is 4. The maximum absolute atomic E-state index is 12.7. The highest BCUT2D eigenvalue weighted by Crippen LogP contribution is 2.31. The summed E-state index contributed by atoms with van der Waals surface area (Å²) in [6.07, 6.45) is 3.15. The van der Waals surface area contributed by atoms with Gasteiger partial charge in [0.1, 0.15) is 0 Å². The van der Waals surface area contributed by atoms with Crippen LogP contribution in [0.1, 0.15) is 46.0 Å². The molecular weight excluding hydrogens is 470 g/mol. The highest BCUT2D eigenvalue weighted by atomic mass is 32.2. The van der Waals surface area contributed by atoms with Crippen LogP contribution in [0.4, 0.5) is 11.4 Å². The van der Waals surface area contributed by atoms with Gasteiger partial charge in [0.15, 0.2) is 0 Å². The molecule has 4 rings (SSSR count).